The van der Waals surface area contributed by atoms with Gasteiger partial charge in [0.25, 0.3) is 0 Å². The molecule has 100 valence electrons. The molecular weight excluding hydrogens is 250 g/mol. The Morgan fingerprint density at radius 3 is 2.55 bits per heavy atom. The molecule has 2 aromatic rings. The first-order valence-electron chi connectivity index (χ1n) is 6.60. The molecule has 3 heteroatoms. The van der Waals surface area contributed by atoms with Gasteiger partial charge in [0.1, 0.15) is 23.9 Å². The van der Waals surface area contributed by atoms with E-state index >= 15 is 0 Å². The van der Waals surface area contributed by atoms with E-state index in [4.69, 9.17) is 4.74 Å². The molecule has 3 nitrogen and oxygen atoms in total. The number of aliphatic hydroxyl groups is 1. The Morgan fingerprint density at radius 1 is 1.10 bits per heavy atom. The lowest BCUT2D eigenvalue weighted by molar-refractivity contribution is 0.0172. The third-order valence-corrected chi connectivity index (χ3v) is 3.83. The molecule has 0 saturated carbocycles. The summed E-state index contributed by atoms with van der Waals surface area (Å²) in [6.07, 6.45) is -0.363. The zero-order chi connectivity index (χ0) is 14.0. The summed E-state index contributed by atoms with van der Waals surface area (Å²) in [4.78, 5) is 0. The predicted molar refractivity (Wildman–Crippen MR) is 75.1 cm³/mol. The van der Waals surface area contributed by atoms with Gasteiger partial charge in [0, 0.05) is 6.42 Å². The van der Waals surface area contributed by atoms with E-state index in [9.17, 15) is 10.4 Å². The van der Waals surface area contributed by atoms with Crippen LogP contribution < -0.4 is 4.74 Å². The van der Waals surface area contributed by atoms with Gasteiger partial charge in [-0.2, -0.15) is 5.26 Å². The van der Waals surface area contributed by atoms with Gasteiger partial charge in [-0.15, -0.1) is 0 Å². The van der Waals surface area contributed by atoms with Gasteiger partial charge >= 0.3 is 0 Å². The number of benzene rings is 2. The Kier molecular flexibility index (Phi) is 3.17. The summed E-state index contributed by atoms with van der Waals surface area (Å²) in [6, 6.07) is 19.2. The normalized spacial score (nSPS) is 22.2. The van der Waals surface area contributed by atoms with E-state index in [1.54, 1.807) is 0 Å². The van der Waals surface area contributed by atoms with E-state index in [1.807, 2.05) is 54.6 Å². The smallest absolute Gasteiger partial charge is 0.125 e. The van der Waals surface area contributed by atoms with Gasteiger partial charge in [0.05, 0.1) is 6.07 Å². The molecule has 1 aliphatic rings. The molecule has 3 rings (SSSR count). The Labute approximate surface area is 118 Å². The molecule has 0 saturated heterocycles. The largest absolute Gasteiger partial charge is 0.492 e. The average molecular weight is 265 g/mol. The van der Waals surface area contributed by atoms with Gasteiger partial charge < -0.3 is 9.84 Å². The predicted octanol–water partition coefficient (Wildman–Crippen LogP) is 2.87. The molecule has 2 atom stereocenters. The first-order valence-corrected chi connectivity index (χ1v) is 6.60. The fraction of sp³-hybridized carbons (Fsp3) is 0.235. The number of fused-ring (bicyclic) bond motifs is 1. The second kappa shape index (κ2) is 4.99. The van der Waals surface area contributed by atoms with E-state index in [-0.39, 0.29) is 6.61 Å². The van der Waals surface area contributed by atoms with Crippen LogP contribution in [0.25, 0.3) is 0 Å². The van der Waals surface area contributed by atoms with Crippen molar-refractivity contribution in [2.45, 2.75) is 12.5 Å². The summed E-state index contributed by atoms with van der Waals surface area (Å²) in [6.45, 7) is 0.205. The molecule has 1 N–H and O–H groups in total. The first-order chi connectivity index (χ1) is 9.75. The Hall–Kier alpha value is -2.31. The van der Waals surface area contributed by atoms with Crippen LogP contribution in [0.2, 0.25) is 0 Å². The fourth-order valence-electron chi connectivity index (χ4n) is 2.65. The maximum Gasteiger partial charge on any atom is 0.125 e. The van der Waals surface area contributed by atoms with Crippen molar-refractivity contribution in [2.75, 3.05) is 6.61 Å². The topological polar surface area (TPSA) is 53.2 Å². The van der Waals surface area contributed by atoms with Crippen molar-refractivity contribution < 1.29 is 9.84 Å². The molecule has 0 aromatic heterocycles. The van der Waals surface area contributed by atoms with Crippen LogP contribution in [0.5, 0.6) is 5.75 Å². The zero-order valence-corrected chi connectivity index (χ0v) is 11.0. The van der Waals surface area contributed by atoms with Crippen LogP contribution in [0.15, 0.2) is 54.6 Å². The third-order valence-electron chi connectivity index (χ3n) is 3.83. The molecule has 0 amide bonds. The van der Waals surface area contributed by atoms with E-state index in [0.717, 1.165) is 16.9 Å². The number of ether oxygens (including phenoxy) is 1. The lowest BCUT2D eigenvalue weighted by Gasteiger charge is -2.36. The van der Waals surface area contributed by atoms with E-state index < -0.39 is 11.5 Å². The molecule has 2 unspecified atom stereocenters. The molecule has 1 heterocycles. The minimum atomic E-state index is -0.935. The fourth-order valence-corrected chi connectivity index (χ4v) is 2.65. The SMILES string of the molecule is N#CC1(C(O)c2ccccc2)COc2ccccc2C1. The van der Waals surface area contributed by atoms with Gasteiger partial charge in [-0.25, -0.2) is 0 Å². The summed E-state index contributed by atoms with van der Waals surface area (Å²) >= 11 is 0. The van der Waals surface area contributed by atoms with Crippen molar-refractivity contribution in [3.05, 3.63) is 65.7 Å². The summed E-state index contributed by atoms with van der Waals surface area (Å²) in [5.74, 6) is 0.804. The maximum atomic E-state index is 10.6. The lowest BCUT2D eigenvalue weighted by Crippen LogP contribution is -2.39. The Bertz CT molecular complexity index is 648. The highest BCUT2D eigenvalue weighted by atomic mass is 16.5. The summed E-state index contributed by atoms with van der Waals surface area (Å²) in [5, 5.41) is 20.2. The van der Waals surface area contributed by atoms with E-state index in [0.29, 0.717) is 6.42 Å². The highest BCUT2D eigenvalue weighted by Gasteiger charge is 2.43. The van der Waals surface area contributed by atoms with Crippen molar-refractivity contribution in [1.82, 2.24) is 0 Å². The number of rotatable bonds is 2. The van der Waals surface area contributed by atoms with Crippen LogP contribution in [0.3, 0.4) is 0 Å². The number of hydrogen-bond acceptors (Lipinski definition) is 3. The third kappa shape index (κ3) is 2.04. The molecule has 2 aromatic carbocycles. The quantitative estimate of drug-likeness (QED) is 0.908. The highest BCUT2D eigenvalue weighted by molar-refractivity contribution is 5.39. The molecule has 0 radical (unpaired) electrons. The van der Waals surface area contributed by atoms with Crippen LogP contribution in [0, 0.1) is 16.7 Å². The first kappa shape index (κ1) is 12.7. The lowest BCUT2D eigenvalue weighted by atomic mass is 9.74. The zero-order valence-electron chi connectivity index (χ0n) is 11.0. The monoisotopic (exact) mass is 265 g/mol. The minimum absolute atomic E-state index is 0.205. The second-order valence-corrected chi connectivity index (χ2v) is 5.15. The van der Waals surface area contributed by atoms with Gasteiger partial charge in [-0.1, -0.05) is 48.5 Å². The van der Waals surface area contributed by atoms with Crippen LogP contribution in [-0.4, -0.2) is 11.7 Å². The van der Waals surface area contributed by atoms with Gasteiger partial charge in [-0.05, 0) is 17.2 Å². The minimum Gasteiger partial charge on any atom is -0.492 e. The average Bonchev–Trinajstić information content (AvgIpc) is 2.54. The Balaban J connectivity index is 1.97. The van der Waals surface area contributed by atoms with Crippen LogP contribution in [0.4, 0.5) is 0 Å². The molecule has 20 heavy (non-hydrogen) atoms. The van der Waals surface area contributed by atoms with Crippen molar-refractivity contribution in [3.8, 4) is 11.8 Å². The number of nitriles is 1. The summed E-state index contributed by atoms with van der Waals surface area (Å²) < 4.78 is 5.69. The van der Waals surface area contributed by atoms with Crippen LogP contribution in [0.1, 0.15) is 17.2 Å². The van der Waals surface area contributed by atoms with Gasteiger partial charge in [0.2, 0.25) is 0 Å². The number of para-hydroxylation sites is 1. The molecule has 0 spiro atoms. The molecule has 0 bridgehead atoms. The summed E-state index contributed by atoms with van der Waals surface area (Å²) in [7, 11) is 0. The van der Waals surface area contributed by atoms with Gasteiger partial charge in [-0.3, -0.25) is 0 Å². The van der Waals surface area contributed by atoms with Crippen LogP contribution in [-0.2, 0) is 6.42 Å². The number of nitrogens with zero attached hydrogens (tertiary/aromatic N) is 1. The molecule has 1 aliphatic heterocycles. The van der Waals surface area contributed by atoms with Gasteiger partial charge in [0.15, 0.2) is 0 Å². The standard InChI is InChI=1S/C17H15NO2/c18-11-17(16(19)13-6-2-1-3-7-13)10-14-8-4-5-9-15(14)20-12-17/h1-9,16,19H,10,12H2. The number of hydrogen-bond donors (Lipinski definition) is 1. The highest BCUT2D eigenvalue weighted by Crippen LogP contribution is 2.42. The van der Waals surface area contributed by atoms with E-state index in [1.165, 1.54) is 0 Å². The number of aliphatic hydroxyl groups excluding tert-OH is 1. The maximum absolute atomic E-state index is 10.6. The molecule has 0 fully saturated rings. The summed E-state index contributed by atoms with van der Waals surface area (Å²) in [5.41, 5.74) is 0.780. The van der Waals surface area contributed by atoms with Crippen molar-refractivity contribution >= 4 is 0 Å². The molecule has 0 aliphatic carbocycles. The van der Waals surface area contributed by atoms with Crippen molar-refractivity contribution in [1.29, 1.82) is 5.26 Å². The van der Waals surface area contributed by atoms with Crippen molar-refractivity contribution in [3.63, 3.8) is 0 Å². The van der Waals surface area contributed by atoms with Crippen LogP contribution >= 0.6 is 0 Å². The Morgan fingerprint density at radius 2 is 1.80 bits per heavy atom. The molecular formula is C17H15NO2. The van der Waals surface area contributed by atoms with Crippen molar-refractivity contribution in [2.24, 2.45) is 5.41 Å². The van der Waals surface area contributed by atoms with E-state index in [2.05, 4.69) is 6.07 Å². The second-order valence-electron chi connectivity index (χ2n) is 5.15.